The number of phenolic OH excluding ortho intramolecular Hbond substituents is 1. The molecule has 0 aliphatic carbocycles. The number of carbonyl (C=O) groups excluding carboxylic acids is 2. The van der Waals surface area contributed by atoms with E-state index >= 15 is 0 Å². The van der Waals surface area contributed by atoms with E-state index in [2.05, 4.69) is 31.0 Å². The summed E-state index contributed by atoms with van der Waals surface area (Å²) in [6.45, 7) is 8.40. The van der Waals surface area contributed by atoms with Crippen molar-refractivity contribution in [3.63, 3.8) is 0 Å². The number of hydrogen-bond donors (Lipinski definition) is 5. The lowest BCUT2D eigenvalue weighted by molar-refractivity contribution is -0.141. The second kappa shape index (κ2) is 17.4. The van der Waals surface area contributed by atoms with Gasteiger partial charge in [0.05, 0.1) is 33.9 Å². The maximum atomic E-state index is 14.1. The van der Waals surface area contributed by atoms with Crippen molar-refractivity contribution in [1.82, 2.24) is 30.6 Å². The third kappa shape index (κ3) is 8.80. The number of β-amino-alcohol motifs (C(OH)–C–C–N with tert-alkyl or cyclic N) is 1. The molecule has 58 heavy (non-hydrogen) atoms. The SMILES string of the molecule is Cc1ncsc1-c1ccc([C@H](C)NC(=O)[C@@H]2C[C@@H](O)CN2C(=O)C(c2cc(OCCNc3ccc(-c4cc(-c5ccccc5O)nnc4N)cc3)no2)C(C)C)cc1. The fourth-order valence-corrected chi connectivity index (χ4v) is 7.99. The molecule has 1 unspecified atom stereocenters. The smallest absolute Gasteiger partial charge is 0.254 e. The monoisotopic (exact) mass is 802 g/mol. The summed E-state index contributed by atoms with van der Waals surface area (Å²) in [6.07, 6.45) is -0.704. The number of aromatic hydroxyl groups is 1. The Morgan fingerprint density at radius 3 is 2.45 bits per heavy atom. The maximum Gasteiger partial charge on any atom is 0.254 e. The Kier molecular flexibility index (Phi) is 12.0. The first-order chi connectivity index (χ1) is 28.0. The molecule has 3 aromatic carbocycles. The molecule has 0 radical (unpaired) electrons. The number of para-hydroxylation sites is 1. The number of carbonyl (C=O) groups is 2. The van der Waals surface area contributed by atoms with E-state index in [1.165, 1.54) is 4.90 Å². The highest BCUT2D eigenvalue weighted by atomic mass is 32.1. The maximum absolute atomic E-state index is 14.1. The van der Waals surface area contributed by atoms with Gasteiger partial charge in [-0.1, -0.05) is 62.4 Å². The number of nitrogens with one attached hydrogen (secondary N) is 2. The van der Waals surface area contributed by atoms with Crippen LogP contribution in [0.3, 0.4) is 0 Å². The number of ether oxygens (including phenoxy) is 1. The molecule has 3 aromatic heterocycles. The predicted octanol–water partition coefficient (Wildman–Crippen LogP) is 6.59. The van der Waals surface area contributed by atoms with Crippen LogP contribution in [0.1, 0.15) is 56.2 Å². The zero-order valence-corrected chi connectivity index (χ0v) is 33.4. The first kappa shape index (κ1) is 39.9. The van der Waals surface area contributed by atoms with E-state index in [9.17, 15) is 19.8 Å². The van der Waals surface area contributed by atoms with Crippen LogP contribution in [0.5, 0.6) is 11.6 Å². The molecule has 7 rings (SSSR count). The largest absolute Gasteiger partial charge is 0.507 e. The number of nitrogen functional groups attached to an aromatic ring is 1. The molecule has 6 aromatic rings. The first-order valence-electron chi connectivity index (χ1n) is 19.1. The summed E-state index contributed by atoms with van der Waals surface area (Å²) >= 11 is 1.58. The van der Waals surface area contributed by atoms with Gasteiger partial charge >= 0.3 is 0 Å². The Bertz CT molecular complexity index is 2360. The number of aliphatic hydroxyl groups excluding tert-OH is 1. The number of phenols is 1. The summed E-state index contributed by atoms with van der Waals surface area (Å²) in [7, 11) is 0. The molecule has 2 amide bonds. The minimum absolute atomic E-state index is 0.0354. The van der Waals surface area contributed by atoms with Crippen LogP contribution in [0.4, 0.5) is 11.5 Å². The van der Waals surface area contributed by atoms with E-state index in [1.807, 2.05) is 87.8 Å². The van der Waals surface area contributed by atoms with Gasteiger partial charge in [0, 0.05) is 42.4 Å². The molecule has 4 heterocycles. The van der Waals surface area contributed by atoms with Gasteiger partial charge in [-0.3, -0.25) is 9.59 Å². The molecule has 6 N–H and O–H groups in total. The molecular weight excluding hydrogens is 757 g/mol. The lowest BCUT2D eigenvalue weighted by atomic mass is 9.91. The Labute approximate surface area is 340 Å². The number of thiazole rings is 1. The molecular formula is C43H46N8O6S. The molecule has 15 heteroatoms. The number of anilines is 2. The van der Waals surface area contributed by atoms with E-state index in [1.54, 1.807) is 41.7 Å². The second-order valence-electron chi connectivity index (χ2n) is 14.7. The summed E-state index contributed by atoms with van der Waals surface area (Å²) in [5, 5.41) is 39.6. The molecule has 300 valence electrons. The topological polar surface area (TPSA) is 202 Å². The number of aliphatic hydroxyl groups is 1. The highest BCUT2D eigenvalue weighted by Gasteiger charge is 2.43. The van der Waals surface area contributed by atoms with Crippen molar-refractivity contribution >= 4 is 34.7 Å². The molecule has 0 spiro atoms. The van der Waals surface area contributed by atoms with E-state index in [0.717, 1.165) is 32.9 Å². The molecule has 1 aliphatic rings. The third-order valence-electron chi connectivity index (χ3n) is 10.3. The minimum Gasteiger partial charge on any atom is -0.507 e. The van der Waals surface area contributed by atoms with Crippen molar-refractivity contribution in [2.75, 3.05) is 30.7 Å². The Hall–Kier alpha value is -6.32. The molecule has 0 saturated carbocycles. The van der Waals surface area contributed by atoms with Gasteiger partial charge in [-0.25, -0.2) is 4.98 Å². The Morgan fingerprint density at radius 2 is 1.74 bits per heavy atom. The lowest BCUT2D eigenvalue weighted by Crippen LogP contribution is -2.48. The average molecular weight is 803 g/mol. The lowest BCUT2D eigenvalue weighted by Gasteiger charge is -2.29. The van der Waals surface area contributed by atoms with Crippen LogP contribution >= 0.6 is 11.3 Å². The van der Waals surface area contributed by atoms with E-state index in [4.69, 9.17) is 15.0 Å². The van der Waals surface area contributed by atoms with Gasteiger partial charge in [0.25, 0.3) is 5.88 Å². The molecule has 14 nitrogen and oxygen atoms in total. The number of aryl methyl sites for hydroxylation is 1. The van der Waals surface area contributed by atoms with Gasteiger partial charge in [-0.05, 0) is 71.9 Å². The van der Waals surface area contributed by atoms with E-state index < -0.39 is 18.1 Å². The average Bonchev–Trinajstić information content (AvgIpc) is 3.97. The Morgan fingerprint density at radius 1 is 1.00 bits per heavy atom. The van der Waals surface area contributed by atoms with E-state index in [-0.39, 0.29) is 60.8 Å². The number of benzene rings is 3. The van der Waals surface area contributed by atoms with Gasteiger partial charge in [-0.15, -0.1) is 21.5 Å². The van der Waals surface area contributed by atoms with E-state index in [0.29, 0.717) is 29.1 Å². The number of rotatable bonds is 14. The molecule has 1 fully saturated rings. The highest BCUT2D eigenvalue weighted by Crippen LogP contribution is 2.35. The predicted molar refractivity (Wildman–Crippen MR) is 222 cm³/mol. The van der Waals surface area contributed by atoms with Gasteiger partial charge in [0.2, 0.25) is 11.8 Å². The molecule has 4 atom stereocenters. The number of amides is 2. The molecule has 1 saturated heterocycles. The zero-order chi connectivity index (χ0) is 40.9. The van der Waals surface area contributed by atoms with Crippen LogP contribution in [-0.4, -0.2) is 79.1 Å². The van der Waals surface area contributed by atoms with Gasteiger partial charge in [0.1, 0.15) is 24.3 Å². The summed E-state index contributed by atoms with van der Waals surface area (Å²) in [5.41, 5.74) is 14.4. The van der Waals surface area contributed by atoms with Crippen LogP contribution in [0, 0.1) is 12.8 Å². The fourth-order valence-electron chi connectivity index (χ4n) is 7.17. The Balaban J connectivity index is 0.931. The minimum atomic E-state index is -0.843. The first-order valence-corrected chi connectivity index (χ1v) is 20.0. The molecule has 0 bridgehead atoms. The second-order valence-corrected chi connectivity index (χ2v) is 15.6. The van der Waals surface area contributed by atoms with Crippen LogP contribution < -0.4 is 21.1 Å². The third-order valence-corrected chi connectivity index (χ3v) is 11.2. The van der Waals surface area contributed by atoms with Crippen molar-refractivity contribution in [2.24, 2.45) is 5.92 Å². The normalized spacial score (nSPS) is 16.3. The van der Waals surface area contributed by atoms with Gasteiger partial charge in [-0.2, -0.15) is 0 Å². The standard InChI is InChI=1S/C43H46N8O6S/c1-24(2)39(43(55)51-22-31(52)19-35(51)42(54)47-25(3)27-9-11-29(12-10-27)40-26(4)46-23-58-40)37-21-38(50-57-37)56-18-17-45-30-15-13-28(14-16-30)33-20-34(48-49-41(33)44)32-7-5-6-8-36(32)53/h5-16,20-21,23-25,31,35,39,45,52-53H,17-19,22H2,1-4H3,(H2,44,49)(H,47,54)/t25-,31+,35-,39?/m0/s1. The fraction of sp³-hybridized carbons (Fsp3) is 0.302. The van der Waals surface area contributed by atoms with Crippen molar-refractivity contribution in [2.45, 2.75) is 58.2 Å². The summed E-state index contributed by atoms with van der Waals surface area (Å²) in [4.78, 5) is 34.6. The number of aromatic nitrogens is 4. The summed E-state index contributed by atoms with van der Waals surface area (Å²) < 4.78 is 11.5. The van der Waals surface area contributed by atoms with Crippen molar-refractivity contribution < 1.29 is 29.1 Å². The van der Waals surface area contributed by atoms with Gasteiger partial charge < -0.3 is 40.7 Å². The van der Waals surface area contributed by atoms with Gasteiger partial charge in [0.15, 0.2) is 11.6 Å². The summed E-state index contributed by atoms with van der Waals surface area (Å²) in [5.74, 6) is -0.675. The highest BCUT2D eigenvalue weighted by molar-refractivity contribution is 7.13. The van der Waals surface area contributed by atoms with Crippen LogP contribution in [0.15, 0.2) is 95.0 Å². The summed E-state index contributed by atoms with van der Waals surface area (Å²) in [6, 6.07) is 24.8. The van der Waals surface area contributed by atoms with Crippen LogP contribution in [0.25, 0.3) is 32.8 Å². The van der Waals surface area contributed by atoms with Crippen molar-refractivity contribution in [1.29, 1.82) is 0 Å². The number of likely N-dealkylation sites (tertiary alicyclic amines) is 1. The quantitative estimate of drug-likeness (QED) is 0.0741. The number of hydrogen-bond acceptors (Lipinski definition) is 13. The van der Waals surface area contributed by atoms with Crippen LogP contribution in [0.2, 0.25) is 0 Å². The number of nitrogens with zero attached hydrogens (tertiary/aromatic N) is 5. The number of nitrogens with two attached hydrogens (primary N) is 1. The molecule has 1 aliphatic heterocycles. The van der Waals surface area contributed by atoms with Crippen LogP contribution in [-0.2, 0) is 9.59 Å². The van der Waals surface area contributed by atoms with Crippen molar-refractivity contribution in [3.8, 4) is 44.5 Å². The zero-order valence-electron chi connectivity index (χ0n) is 32.6. The van der Waals surface area contributed by atoms with Crippen molar-refractivity contribution in [3.05, 3.63) is 107 Å².